The number of ether oxygens (including phenoxy) is 2. The zero-order valence-corrected chi connectivity index (χ0v) is 24.8. The lowest BCUT2D eigenvalue weighted by Crippen LogP contribution is -2.60. The van der Waals surface area contributed by atoms with Gasteiger partial charge in [0.2, 0.25) is 0 Å². The maximum absolute atomic E-state index is 17.0. The van der Waals surface area contributed by atoms with Crippen LogP contribution in [0.3, 0.4) is 0 Å². The lowest BCUT2D eigenvalue weighted by molar-refractivity contribution is 0.188. The van der Waals surface area contributed by atoms with E-state index in [4.69, 9.17) is 31.8 Å². The molecule has 9 nitrogen and oxygen atoms in total. The van der Waals surface area contributed by atoms with Crippen LogP contribution in [0.4, 0.5) is 19.6 Å². The van der Waals surface area contributed by atoms with Crippen molar-refractivity contribution in [3.05, 3.63) is 34.6 Å². The molecule has 4 aliphatic rings. The molecule has 3 saturated heterocycles. The van der Waals surface area contributed by atoms with Gasteiger partial charge in [-0.1, -0.05) is 23.7 Å². The maximum atomic E-state index is 17.0. The topological polar surface area (TPSA) is 113 Å². The van der Waals surface area contributed by atoms with E-state index in [-0.39, 0.29) is 58.5 Å². The highest BCUT2D eigenvalue weighted by Crippen LogP contribution is 2.51. The van der Waals surface area contributed by atoms with Gasteiger partial charge in [0.15, 0.2) is 11.6 Å². The van der Waals surface area contributed by atoms with Crippen LogP contribution in [0.15, 0.2) is 18.2 Å². The number of piperazine rings is 1. The van der Waals surface area contributed by atoms with Crippen molar-refractivity contribution < 1.29 is 18.3 Å². The fraction of sp³-hybridized carbons (Fsp3) is 0.433. The number of nitrogen functional groups attached to an aromatic ring is 1. The van der Waals surface area contributed by atoms with Crippen LogP contribution in [0.2, 0.25) is 5.02 Å². The standard InChI is InChI=1S/C30H28ClF2N7O2S/c1-39-9-13(32)7-15(39)11-42-30-37-26-23-27(41-12-19-18-6-5-14(36-18)10-40(19)29(23)38-30)24(31)22(25(26)33)16-3-2-4-20-21(16)17(8-34)28(35)43-20/h2-4,13-15,18-19,36H,5-7,9-12,35H2,1H3/t13-,14?,15+,18?,19?/m1/s1. The van der Waals surface area contributed by atoms with Crippen molar-refractivity contribution in [1.29, 1.82) is 5.26 Å². The Balaban J connectivity index is 1.35. The molecule has 3 unspecified atom stereocenters. The minimum atomic E-state index is -0.924. The highest BCUT2D eigenvalue weighted by Gasteiger charge is 2.44. The number of hydrogen-bond acceptors (Lipinski definition) is 10. The summed E-state index contributed by atoms with van der Waals surface area (Å²) in [5.41, 5.74) is 6.97. The van der Waals surface area contributed by atoms with Gasteiger partial charge >= 0.3 is 6.01 Å². The van der Waals surface area contributed by atoms with Crippen molar-refractivity contribution >= 4 is 54.7 Å². The molecule has 2 aromatic carbocycles. The molecule has 5 atom stereocenters. The van der Waals surface area contributed by atoms with E-state index >= 15 is 4.39 Å². The molecule has 0 spiro atoms. The van der Waals surface area contributed by atoms with Crippen molar-refractivity contribution in [2.75, 3.05) is 44.0 Å². The average Bonchev–Trinajstić information content (AvgIpc) is 3.61. The molecule has 2 aromatic heterocycles. The predicted molar refractivity (Wildman–Crippen MR) is 162 cm³/mol. The van der Waals surface area contributed by atoms with Crippen molar-refractivity contribution in [3.8, 4) is 29.0 Å². The Bertz CT molecular complexity index is 1850. The highest BCUT2D eigenvalue weighted by atomic mass is 35.5. The first-order valence-electron chi connectivity index (χ1n) is 14.4. The van der Waals surface area contributed by atoms with E-state index in [0.717, 1.165) is 17.5 Å². The van der Waals surface area contributed by atoms with E-state index in [0.29, 0.717) is 59.0 Å². The van der Waals surface area contributed by atoms with E-state index < -0.39 is 12.0 Å². The van der Waals surface area contributed by atoms with Gasteiger partial charge in [-0.15, -0.1) is 11.3 Å². The smallest absolute Gasteiger partial charge is 0.319 e. The Kier molecular flexibility index (Phi) is 6.31. The molecule has 4 aliphatic heterocycles. The van der Waals surface area contributed by atoms with Crippen LogP contribution in [0.25, 0.3) is 32.1 Å². The number of nitriles is 1. The first kappa shape index (κ1) is 27.1. The number of fused-ring (bicyclic) bond motifs is 6. The van der Waals surface area contributed by atoms with Gasteiger partial charge in [-0.05, 0) is 37.9 Å². The molecule has 2 bridgehead atoms. The molecule has 3 N–H and O–H groups in total. The van der Waals surface area contributed by atoms with Crippen molar-refractivity contribution in [2.45, 2.75) is 49.6 Å². The number of aromatic nitrogens is 2. The van der Waals surface area contributed by atoms with Gasteiger partial charge in [-0.3, -0.25) is 4.90 Å². The summed E-state index contributed by atoms with van der Waals surface area (Å²) in [5, 5.41) is 14.9. The quantitative estimate of drug-likeness (QED) is 0.328. The fourth-order valence-electron chi connectivity index (χ4n) is 7.25. The summed E-state index contributed by atoms with van der Waals surface area (Å²) in [6.45, 7) is 1.50. The second-order valence-corrected chi connectivity index (χ2v) is 13.3. The number of hydrogen-bond donors (Lipinski definition) is 2. The molecular formula is C30H28ClF2N7O2S. The molecule has 8 rings (SSSR count). The molecule has 3 fully saturated rings. The summed E-state index contributed by atoms with van der Waals surface area (Å²) >= 11 is 8.33. The van der Waals surface area contributed by atoms with E-state index in [9.17, 15) is 9.65 Å². The van der Waals surface area contributed by atoms with Crippen LogP contribution in [0, 0.1) is 17.1 Å². The van der Waals surface area contributed by atoms with Crippen LogP contribution < -0.4 is 25.4 Å². The number of nitrogens with one attached hydrogen (secondary N) is 1. The summed E-state index contributed by atoms with van der Waals surface area (Å²) < 4.78 is 44.3. The number of anilines is 2. The molecule has 43 heavy (non-hydrogen) atoms. The minimum Gasteiger partial charge on any atom is -0.489 e. The van der Waals surface area contributed by atoms with Crippen LogP contribution in [0.5, 0.6) is 11.8 Å². The summed E-state index contributed by atoms with van der Waals surface area (Å²) in [4.78, 5) is 13.5. The molecule has 0 saturated carbocycles. The summed E-state index contributed by atoms with van der Waals surface area (Å²) in [6.07, 6.45) is 1.45. The van der Waals surface area contributed by atoms with Crippen LogP contribution >= 0.6 is 22.9 Å². The van der Waals surface area contributed by atoms with Crippen LogP contribution in [0.1, 0.15) is 24.8 Å². The molecule has 222 valence electrons. The Morgan fingerprint density at radius 3 is 2.93 bits per heavy atom. The molecule has 0 amide bonds. The molecule has 0 aliphatic carbocycles. The normalized spacial score (nSPS) is 26.4. The zero-order valence-electron chi connectivity index (χ0n) is 23.2. The summed E-state index contributed by atoms with van der Waals surface area (Å²) in [5.74, 6) is 0.150. The van der Waals surface area contributed by atoms with Gasteiger partial charge < -0.3 is 25.4 Å². The molecule has 13 heteroatoms. The second-order valence-electron chi connectivity index (χ2n) is 11.8. The number of alkyl halides is 1. The predicted octanol–water partition coefficient (Wildman–Crippen LogP) is 4.88. The second kappa shape index (κ2) is 10.0. The zero-order chi connectivity index (χ0) is 29.6. The Labute approximate surface area is 255 Å². The van der Waals surface area contributed by atoms with Crippen LogP contribution in [-0.4, -0.2) is 78.6 Å². The SMILES string of the molecule is CN1C[C@H](F)C[C@H]1COc1nc2c3c(c(Cl)c(-c4cccc5sc(N)c(C#N)c45)c(F)c3n1)OCC1C3CCC(CN21)N3. The van der Waals surface area contributed by atoms with Crippen molar-refractivity contribution in [2.24, 2.45) is 0 Å². The number of nitrogens with two attached hydrogens (primary N) is 1. The van der Waals surface area contributed by atoms with Gasteiger partial charge in [-0.2, -0.15) is 15.2 Å². The maximum Gasteiger partial charge on any atom is 0.319 e. The summed E-state index contributed by atoms with van der Waals surface area (Å²) in [7, 11) is 1.86. The van der Waals surface area contributed by atoms with Crippen molar-refractivity contribution in [1.82, 2.24) is 20.2 Å². The third-order valence-corrected chi connectivity index (χ3v) is 10.7. The molecule has 6 heterocycles. The lowest BCUT2D eigenvalue weighted by Gasteiger charge is -2.40. The first-order valence-corrected chi connectivity index (χ1v) is 15.6. The van der Waals surface area contributed by atoms with Gasteiger partial charge in [-0.25, -0.2) is 8.78 Å². The fourth-order valence-corrected chi connectivity index (χ4v) is 8.53. The van der Waals surface area contributed by atoms with E-state index in [1.54, 1.807) is 12.1 Å². The number of benzene rings is 2. The summed E-state index contributed by atoms with van der Waals surface area (Å²) in [6, 6.07) is 7.78. The lowest BCUT2D eigenvalue weighted by atomic mass is 9.96. The van der Waals surface area contributed by atoms with E-state index in [1.165, 1.54) is 11.3 Å². The number of thiophene rings is 1. The van der Waals surface area contributed by atoms with Crippen LogP contribution in [-0.2, 0) is 0 Å². The Morgan fingerprint density at radius 2 is 2.14 bits per heavy atom. The number of likely N-dealkylation sites (tertiary alicyclic amines) is 1. The average molecular weight is 624 g/mol. The van der Waals surface area contributed by atoms with E-state index in [2.05, 4.69) is 21.3 Å². The third-order valence-electron chi connectivity index (χ3n) is 9.34. The number of likely N-dealkylation sites (N-methyl/N-ethyl adjacent to an activating group) is 1. The highest BCUT2D eigenvalue weighted by molar-refractivity contribution is 7.23. The Hall–Kier alpha value is -3.50. The van der Waals surface area contributed by atoms with Gasteiger partial charge in [0.05, 0.1) is 22.0 Å². The monoisotopic (exact) mass is 623 g/mol. The molecule has 0 radical (unpaired) electrons. The van der Waals surface area contributed by atoms with Gasteiger partial charge in [0, 0.05) is 46.9 Å². The number of nitrogens with zero attached hydrogens (tertiary/aromatic N) is 5. The number of halogens is 3. The largest absolute Gasteiger partial charge is 0.489 e. The first-order chi connectivity index (χ1) is 20.8. The van der Waals surface area contributed by atoms with Gasteiger partial charge in [0.1, 0.15) is 41.8 Å². The third kappa shape index (κ3) is 4.13. The van der Waals surface area contributed by atoms with E-state index in [1.807, 2.05) is 18.0 Å². The Morgan fingerprint density at radius 1 is 1.28 bits per heavy atom. The number of rotatable bonds is 4. The minimum absolute atomic E-state index is 0.0126. The van der Waals surface area contributed by atoms with Crippen molar-refractivity contribution in [3.63, 3.8) is 0 Å². The van der Waals surface area contributed by atoms with Gasteiger partial charge in [0.25, 0.3) is 0 Å². The molecular weight excluding hydrogens is 596 g/mol. The molecule has 4 aromatic rings.